The molecule has 3 heterocycles. The second-order valence-corrected chi connectivity index (χ2v) is 16.0. The highest BCUT2D eigenvalue weighted by Gasteiger charge is 2.21. The van der Waals surface area contributed by atoms with E-state index >= 15 is 0 Å². The maximum Gasteiger partial charge on any atom is 0.143 e. The first-order chi connectivity index (χ1) is 30.7. The van der Waals surface area contributed by atoms with E-state index in [0.717, 1.165) is 94.3 Å². The van der Waals surface area contributed by atoms with Gasteiger partial charge in [-0.25, -0.2) is 0 Å². The van der Waals surface area contributed by atoms with Crippen molar-refractivity contribution in [2.75, 3.05) is 4.90 Å². The molecule has 0 amide bonds. The van der Waals surface area contributed by atoms with Crippen LogP contribution in [0.1, 0.15) is 0 Å². The molecular weight excluding hydrogens is 757 g/mol. The molecule has 290 valence electrons. The van der Waals surface area contributed by atoms with Crippen molar-refractivity contribution in [3.05, 3.63) is 218 Å². The summed E-state index contributed by atoms with van der Waals surface area (Å²) in [4.78, 5) is 2.37. The van der Waals surface area contributed by atoms with Crippen LogP contribution in [0.2, 0.25) is 0 Å². The van der Waals surface area contributed by atoms with Crippen molar-refractivity contribution >= 4 is 93.5 Å². The van der Waals surface area contributed by atoms with Crippen molar-refractivity contribution in [1.82, 2.24) is 4.57 Å². The maximum absolute atomic E-state index is 6.62. The number of hydrogen-bond donors (Lipinski definition) is 0. The standard InChI is InChI=1S/C58H36N2O2/c1-2-18-45-38(13-1)31-34-49-56-44(22-11-27-54(56)62-58(45)49)40-15-10-16-42(36-40)59(52-25-12-28-55-57(52)48-21-5-8-26-53(48)61-55)41-32-29-37(30-33-41)39-14-9-17-43(35-39)60-50-23-6-3-19-46(50)47-20-4-7-24-51(47)60/h1-36H. The van der Waals surface area contributed by atoms with Crippen molar-refractivity contribution in [1.29, 1.82) is 0 Å². The molecule has 0 aliphatic heterocycles. The van der Waals surface area contributed by atoms with Gasteiger partial charge in [0.05, 0.1) is 22.1 Å². The Hall–Kier alpha value is -8.34. The highest BCUT2D eigenvalue weighted by molar-refractivity contribution is 6.19. The molecule has 0 radical (unpaired) electrons. The Balaban J connectivity index is 0.965. The predicted molar refractivity (Wildman–Crippen MR) is 258 cm³/mol. The SMILES string of the molecule is c1cc(-c2cccc3oc4c5ccccc5ccc4c23)cc(N(c2ccc(-c3cccc(-n4c5ccccc5c5ccccc54)c3)cc2)c2cccc3oc4ccccc4c23)c1. The summed E-state index contributed by atoms with van der Waals surface area (Å²) in [7, 11) is 0. The third-order valence-electron chi connectivity index (χ3n) is 12.6. The molecule has 0 saturated heterocycles. The van der Waals surface area contributed by atoms with E-state index in [-0.39, 0.29) is 0 Å². The van der Waals surface area contributed by atoms with E-state index in [0.29, 0.717) is 0 Å². The predicted octanol–water partition coefficient (Wildman–Crippen LogP) is 16.5. The fraction of sp³-hybridized carbons (Fsp3) is 0. The van der Waals surface area contributed by atoms with Crippen LogP contribution in [-0.2, 0) is 0 Å². The Morgan fingerprint density at radius 1 is 0.355 bits per heavy atom. The van der Waals surface area contributed by atoms with Crippen LogP contribution in [0.5, 0.6) is 0 Å². The molecule has 13 aromatic rings. The van der Waals surface area contributed by atoms with Crippen molar-refractivity contribution < 1.29 is 8.83 Å². The van der Waals surface area contributed by atoms with Crippen LogP contribution in [0.25, 0.3) is 104 Å². The minimum absolute atomic E-state index is 0.852. The highest BCUT2D eigenvalue weighted by atomic mass is 16.3. The average molecular weight is 793 g/mol. The monoisotopic (exact) mass is 792 g/mol. The zero-order valence-electron chi connectivity index (χ0n) is 33.5. The van der Waals surface area contributed by atoms with Gasteiger partial charge in [-0.1, -0.05) is 140 Å². The molecule has 0 N–H and O–H groups in total. The van der Waals surface area contributed by atoms with Crippen molar-refractivity contribution in [3.8, 4) is 27.9 Å². The summed E-state index contributed by atoms with van der Waals surface area (Å²) in [6, 6.07) is 78.0. The summed E-state index contributed by atoms with van der Waals surface area (Å²) in [6.07, 6.45) is 0. The molecule has 62 heavy (non-hydrogen) atoms. The first kappa shape index (κ1) is 34.5. The Morgan fingerprint density at radius 3 is 1.82 bits per heavy atom. The number of para-hydroxylation sites is 3. The largest absolute Gasteiger partial charge is 0.456 e. The normalized spacial score (nSPS) is 11.9. The topological polar surface area (TPSA) is 34.5 Å². The fourth-order valence-electron chi connectivity index (χ4n) is 9.80. The molecule has 10 aromatic carbocycles. The van der Waals surface area contributed by atoms with Gasteiger partial charge in [0.15, 0.2) is 0 Å². The fourth-order valence-corrected chi connectivity index (χ4v) is 9.80. The number of anilines is 3. The molecule has 0 atom stereocenters. The lowest BCUT2D eigenvalue weighted by molar-refractivity contribution is 0.669. The van der Waals surface area contributed by atoms with E-state index in [1.807, 2.05) is 12.1 Å². The maximum atomic E-state index is 6.62. The molecule has 0 saturated carbocycles. The van der Waals surface area contributed by atoms with Gasteiger partial charge in [0.1, 0.15) is 22.3 Å². The first-order valence-electron chi connectivity index (χ1n) is 21.1. The molecule has 4 heteroatoms. The molecule has 3 aromatic heterocycles. The molecule has 0 spiro atoms. The van der Waals surface area contributed by atoms with Crippen LogP contribution >= 0.6 is 0 Å². The number of rotatable bonds is 6. The van der Waals surface area contributed by atoms with Gasteiger partial charge in [0.25, 0.3) is 0 Å². The summed E-state index contributed by atoms with van der Waals surface area (Å²) >= 11 is 0. The van der Waals surface area contributed by atoms with E-state index < -0.39 is 0 Å². The van der Waals surface area contributed by atoms with Crippen LogP contribution in [0.15, 0.2) is 227 Å². The molecule has 4 nitrogen and oxygen atoms in total. The summed E-state index contributed by atoms with van der Waals surface area (Å²) in [5.74, 6) is 0. The number of nitrogens with zero attached hydrogens (tertiary/aromatic N) is 2. The summed E-state index contributed by atoms with van der Waals surface area (Å²) in [6.45, 7) is 0. The molecule has 0 aliphatic rings. The minimum atomic E-state index is 0.852. The number of fused-ring (bicyclic) bond motifs is 11. The van der Waals surface area contributed by atoms with E-state index in [9.17, 15) is 0 Å². The lowest BCUT2D eigenvalue weighted by Gasteiger charge is -2.27. The number of furan rings is 2. The third kappa shape index (κ3) is 5.27. The lowest BCUT2D eigenvalue weighted by atomic mass is 9.97. The van der Waals surface area contributed by atoms with Crippen molar-refractivity contribution in [2.45, 2.75) is 0 Å². The Morgan fingerprint density at radius 2 is 1.00 bits per heavy atom. The quantitative estimate of drug-likeness (QED) is 0.168. The van der Waals surface area contributed by atoms with Gasteiger partial charge in [0.2, 0.25) is 0 Å². The van der Waals surface area contributed by atoms with Gasteiger partial charge in [-0.05, 0) is 107 Å². The van der Waals surface area contributed by atoms with E-state index in [2.05, 4.69) is 216 Å². The van der Waals surface area contributed by atoms with Crippen LogP contribution in [0, 0.1) is 0 Å². The highest BCUT2D eigenvalue weighted by Crippen LogP contribution is 2.46. The van der Waals surface area contributed by atoms with E-state index in [1.54, 1.807) is 0 Å². The van der Waals surface area contributed by atoms with Crippen LogP contribution in [-0.4, -0.2) is 4.57 Å². The minimum Gasteiger partial charge on any atom is -0.456 e. The zero-order valence-corrected chi connectivity index (χ0v) is 33.5. The van der Waals surface area contributed by atoms with Gasteiger partial charge >= 0.3 is 0 Å². The molecule has 13 rings (SSSR count). The van der Waals surface area contributed by atoms with Gasteiger partial charge in [-0.2, -0.15) is 0 Å². The van der Waals surface area contributed by atoms with E-state index in [1.165, 1.54) is 27.2 Å². The molecule has 0 aliphatic carbocycles. The molecular formula is C58H36N2O2. The summed E-state index contributed by atoms with van der Waals surface area (Å²) in [5, 5.41) is 9.19. The molecule has 0 fully saturated rings. The lowest BCUT2D eigenvalue weighted by Crippen LogP contribution is -2.10. The second kappa shape index (κ2) is 13.6. The first-order valence-corrected chi connectivity index (χ1v) is 21.1. The Bertz CT molecular complexity index is 3830. The molecule has 0 bridgehead atoms. The van der Waals surface area contributed by atoms with Crippen LogP contribution in [0.4, 0.5) is 17.1 Å². The second-order valence-electron chi connectivity index (χ2n) is 16.0. The molecule has 0 unspecified atom stereocenters. The van der Waals surface area contributed by atoms with Gasteiger partial charge in [-0.15, -0.1) is 0 Å². The number of hydrogen-bond acceptors (Lipinski definition) is 3. The Labute approximate surface area is 356 Å². The van der Waals surface area contributed by atoms with Crippen molar-refractivity contribution in [2.24, 2.45) is 0 Å². The Kier molecular flexibility index (Phi) is 7.57. The van der Waals surface area contributed by atoms with Gasteiger partial charge in [0, 0.05) is 49.4 Å². The van der Waals surface area contributed by atoms with Gasteiger partial charge < -0.3 is 18.3 Å². The van der Waals surface area contributed by atoms with Gasteiger partial charge in [-0.3, -0.25) is 0 Å². The van der Waals surface area contributed by atoms with Crippen molar-refractivity contribution in [3.63, 3.8) is 0 Å². The zero-order chi connectivity index (χ0) is 40.7. The van der Waals surface area contributed by atoms with E-state index in [4.69, 9.17) is 8.83 Å². The number of aromatic nitrogens is 1. The van der Waals surface area contributed by atoms with Crippen LogP contribution < -0.4 is 4.90 Å². The smallest absolute Gasteiger partial charge is 0.143 e. The summed E-state index contributed by atoms with van der Waals surface area (Å²) < 4.78 is 15.4. The average Bonchev–Trinajstić information content (AvgIpc) is 4.02. The van der Waals surface area contributed by atoms with Crippen LogP contribution in [0.3, 0.4) is 0 Å². The summed E-state index contributed by atoms with van der Waals surface area (Å²) in [5.41, 5.74) is 14.7. The third-order valence-corrected chi connectivity index (χ3v) is 12.6. The number of benzene rings is 10.